The predicted octanol–water partition coefficient (Wildman–Crippen LogP) is 3.31. The fourth-order valence-electron chi connectivity index (χ4n) is 2.65. The summed E-state index contributed by atoms with van der Waals surface area (Å²) < 4.78 is 0. The minimum Gasteiger partial charge on any atom is -0.508 e. The summed E-state index contributed by atoms with van der Waals surface area (Å²) in [5.74, 6) is 0.167. The molecule has 0 spiro atoms. The SMILES string of the molecule is CCCc1[nH]c2c(CC)cc(O)cc2c(=O)c1CC. The van der Waals surface area contributed by atoms with E-state index >= 15 is 0 Å². The number of fused-ring (bicyclic) bond motifs is 1. The maximum Gasteiger partial charge on any atom is 0.192 e. The number of hydrogen-bond donors (Lipinski definition) is 2. The Balaban J connectivity index is 2.86. The molecule has 3 nitrogen and oxygen atoms in total. The van der Waals surface area contributed by atoms with Crippen molar-refractivity contribution in [2.24, 2.45) is 0 Å². The molecule has 2 aromatic rings. The number of rotatable bonds is 4. The number of H-pyrrole nitrogens is 1. The van der Waals surface area contributed by atoms with Crippen LogP contribution in [0.15, 0.2) is 16.9 Å². The van der Waals surface area contributed by atoms with Gasteiger partial charge in [0, 0.05) is 16.6 Å². The molecule has 0 aliphatic carbocycles. The molecule has 0 radical (unpaired) electrons. The van der Waals surface area contributed by atoms with Crippen LogP contribution in [0, 0.1) is 0 Å². The van der Waals surface area contributed by atoms with Crippen LogP contribution in [0.25, 0.3) is 10.9 Å². The van der Waals surface area contributed by atoms with E-state index in [0.29, 0.717) is 5.39 Å². The van der Waals surface area contributed by atoms with Gasteiger partial charge < -0.3 is 10.1 Å². The predicted molar refractivity (Wildman–Crippen MR) is 79.0 cm³/mol. The number of aromatic nitrogens is 1. The molecule has 1 heterocycles. The van der Waals surface area contributed by atoms with E-state index in [-0.39, 0.29) is 11.2 Å². The topological polar surface area (TPSA) is 53.1 Å². The lowest BCUT2D eigenvalue weighted by Crippen LogP contribution is -2.15. The Morgan fingerprint density at radius 3 is 2.47 bits per heavy atom. The van der Waals surface area contributed by atoms with Gasteiger partial charge in [0.15, 0.2) is 5.43 Å². The van der Waals surface area contributed by atoms with E-state index in [9.17, 15) is 9.90 Å². The van der Waals surface area contributed by atoms with E-state index in [1.165, 1.54) is 0 Å². The van der Waals surface area contributed by atoms with Crippen LogP contribution in [-0.2, 0) is 19.3 Å². The number of aromatic amines is 1. The summed E-state index contributed by atoms with van der Waals surface area (Å²) in [4.78, 5) is 16.0. The summed E-state index contributed by atoms with van der Waals surface area (Å²) in [6, 6.07) is 3.31. The maximum atomic E-state index is 12.5. The van der Waals surface area contributed by atoms with Gasteiger partial charge in [-0.2, -0.15) is 0 Å². The molecule has 2 N–H and O–H groups in total. The highest BCUT2D eigenvalue weighted by molar-refractivity contribution is 5.84. The monoisotopic (exact) mass is 259 g/mol. The molecule has 102 valence electrons. The lowest BCUT2D eigenvalue weighted by atomic mass is 10.00. The number of aryl methyl sites for hydroxylation is 2. The number of pyridine rings is 1. The molecule has 0 bridgehead atoms. The van der Waals surface area contributed by atoms with Crippen molar-refractivity contribution in [1.82, 2.24) is 4.98 Å². The van der Waals surface area contributed by atoms with Gasteiger partial charge in [-0.1, -0.05) is 27.2 Å². The van der Waals surface area contributed by atoms with Gasteiger partial charge in [-0.25, -0.2) is 0 Å². The average molecular weight is 259 g/mol. The molecule has 0 unspecified atom stereocenters. The van der Waals surface area contributed by atoms with Crippen molar-refractivity contribution in [1.29, 1.82) is 0 Å². The Morgan fingerprint density at radius 2 is 1.89 bits per heavy atom. The molecule has 0 aliphatic rings. The van der Waals surface area contributed by atoms with Gasteiger partial charge >= 0.3 is 0 Å². The minimum absolute atomic E-state index is 0.0605. The Labute approximate surface area is 113 Å². The van der Waals surface area contributed by atoms with Crippen LogP contribution in [0.5, 0.6) is 5.75 Å². The summed E-state index contributed by atoms with van der Waals surface area (Å²) in [7, 11) is 0. The van der Waals surface area contributed by atoms with Crippen molar-refractivity contribution >= 4 is 10.9 Å². The Bertz CT molecular complexity index is 656. The first-order valence-corrected chi connectivity index (χ1v) is 7.01. The van der Waals surface area contributed by atoms with Gasteiger partial charge in [-0.3, -0.25) is 4.79 Å². The minimum atomic E-state index is 0.0605. The van der Waals surface area contributed by atoms with Crippen LogP contribution < -0.4 is 5.43 Å². The molecule has 0 atom stereocenters. The number of phenolic OH excluding ortho intramolecular Hbond substituents is 1. The van der Waals surface area contributed by atoms with Gasteiger partial charge in [0.05, 0.1) is 5.52 Å². The third-order valence-corrected chi connectivity index (χ3v) is 3.60. The molecule has 3 heteroatoms. The van der Waals surface area contributed by atoms with Crippen LogP contribution in [0.2, 0.25) is 0 Å². The number of hydrogen-bond acceptors (Lipinski definition) is 2. The number of aromatic hydroxyl groups is 1. The van der Waals surface area contributed by atoms with E-state index in [1.807, 2.05) is 13.8 Å². The van der Waals surface area contributed by atoms with Gasteiger partial charge in [0.1, 0.15) is 5.75 Å². The summed E-state index contributed by atoms with van der Waals surface area (Å²) in [5, 5.41) is 10.4. The third kappa shape index (κ3) is 2.37. The number of nitrogens with one attached hydrogen (secondary N) is 1. The van der Waals surface area contributed by atoms with Gasteiger partial charge in [-0.15, -0.1) is 0 Å². The largest absolute Gasteiger partial charge is 0.508 e. The first-order chi connectivity index (χ1) is 9.12. The molecular formula is C16H21NO2. The maximum absolute atomic E-state index is 12.5. The first-order valence-electron chi connectivity index (χ1n) is 7.01. The van der Waals surface area contributed by atoms with Crippen molar-refractivity contribution in [2.75, 3.05) is 0 Å². The van der Waals surface area contributed by atoms with Crippen LogP contribution in [0.4, 0.5) is 0 Å². The second kappa shape index (κ2) is 5.47. The molecule has 19 heavy (non-hydrogen) atoms. The summed E-state index contributed by atoms with van der Waals surface area (Å²) >= 11 is 0. The zero-order chi connectivity index (χ0) is 14.0. The second-order valence-electron chi connectivity index (χ2n) is 4.90. The van der Waals surface area contributed by atoms with Crippen molar-refractivity contribution in [2.45, 2.75) is 46.5 Å². The zero-order valence-electron chi connectivity index (χ0n) is 11.8. The van der Waals surface area contributed by atoms with Crippen molar-refractivity contribution < 1.29 is 5.11 Å². The molecule has 0 aliphatic heterocycles. The highest BCUT2D eigenvalue weighted by Crippen LogP contribution is 2.23. The smallest absolute Gasteiger partial charge is 0.192 e. The van der Waals surface area contributed by atoms with E-state index in [2.05, 4.69) is 11.9 Å². The fourth-order valence-corrected chi connectivity index (χ4v) is 2.65. The van der Waals surface area contributed by atoms with Crippen molar-refractivity contribution in [3.05, 3.63) is 39.2 Å². The van der Waals surface area contributed by atoms with Gasteiger partial charge in [-0.05, 0) is 37.0 Å². The molecule has 2 rings (SSSR count). The van der Waals surface area contributed by atoms with Crippen LogP contribution >= 0.6 is 0 Å². The molecule has 1 aromatic heterocycles. The molecule has 0 amide bonds. The van der Waals surface area contributed by atoms with Gasteiger partial charge in [0.2, 0.25) is 0 Å². The van der Waals surface area contributed by atoms with Crippen molar-refractivity contribution in [3.8, 4) is 5.75 Å². The lowest BCUT2D eigenvalue weighted by Gasteiger charge is -2.12. The van der Waals surface area contributed by atoms with Crippen LogP contribution in [0.1, 0.15) is 44.0 Å². The summed E-state index contributed by atoms with van der Waals surface area (Å²) in [5.41, 5.74) is 3.83. The van der Waals surface area contributed by atoms with Crippen molar-refractivity contribution in [3.63, 3.8) is 0 Å². The Hall–Kier alpha value is -1.77. The number of phenols is 1. The third-order valence-electron chi connectivity index (χ3n) is 3.60. The standard InChI is InChI=1S/C16H21NO2/c1-4-7-14-12(6-3)16(19)13-9-11(18)8-10(5-2)15(13)17-14/h8-9,18H,4-7H2,1-3H3,(H,17,19). The molecular weight excluding hydrogens is 238 g/mol. The molecule has 0 saturated heterocycles. The Kier molecular flexibility index (Phi) is 3.93. The normalized spacial score (nSPS) is 11.1. The summed E-state index contributed by atoms with van der Waals surface area (Å²) in [6.45, 7) is 6.14. The number of benzene rings is 1. The van der Waals surface area contributed by atoms with Gasteiger partial charge in [0.25, 0.3) is 0 Å². The van der Waals surface area contributed by atoms with E-state index in [4.69, 9.17) is 0 Å². The van der Waals surface area contributed by atoms with E-state index in [1.54, 1.807) is 12.1 Å². The first kappa shape index (κ1) is 13.7. The van der Waals surface area contributed by atoms with Crippen LogP contribution in [-0.4, -0.2) is 10.1 Å². The molecule has 1 aromatic carbocycles. The van der Waals surface area contributed by atoms with E-state index in [0.717, 1.165) is 48.0 Å². The highest BCUT2D eigenvalue weighted by Gasteiger charge is 2.13. The van der Waals surface area contributed by atoms with E-state index < -0.39 is 0 Å². The summed E-state index contributed by atoms with van der Waals surface area (Å²) in [6.07, 6.45) is 3.40. The fraction of sp³-hybridized carbons (Fsp3) is 0.438. The lowest BCUT2D eigenvalue weighted by molar-refractivity contribution is 0.475. The average Bonchev–Trinajstić information content (AvgIpc) is 2.40. The highest BCUT2D eigenvalue weighted by atomic mass is 16.3. The Morgan fingerprint density at radius 1 is 1.16 bits per heavy atom. The molecule has 0 fully saturated rings. The molecule has 0 saturated carbocycles. The second-order valence-corrected chi connectivity index (χ2v) is 4.90. The van der Waals surface area contributed by atoms with Crippen LogP contribution in [0.3, 0.4) is 0 Å². The quantitative estimate of drug-likeness (QED) is 0.885. The zero-order valence-corrected chi connectivity index (χ0v) is 11.8.